The Morgan fingerprint density at radius 2 is 2.32 bits per heavy atom. The van der Waals surface area contributed by atoms with Crippen LogP contribution in [0, 0.1) is 0 Å². The molecule has 0 aliphatic heterocycles. The summed E-state index contributed by atoms with van der Waals surface area (Å²) in [7, 11) is 0. The van der Waals surface area contributed by atoms with Crippen molar-refractivity contribution in [2.75, 3.05) is 0 Å². The number of nitrogens with one attached hydrogen (secondary N) is 1. The molecule has 0 spiro atoms. The van der Waals surface area contributed by atoms with E-state index in [1.807, 2.05) is 0 Å². The van der Waals surface area contributed by atoms with Crippen molar-refractivity contribution in [3.63, 3.8) is 0 Å². The van der Waals surface area contributed by atoms with E-state index >= 15 is 0 Å². The fraction of sp³-hybridized carbons (Fsp3) is 0.100. The number of fused-ring (bicyclic) bond motifs is 1. The summed E-state index contributed by atoms with van der Waals surface area (Å²) >= 11 is 1.38. The summed E-state index contributed by atoms with van der Waals surface area (Å²) in [5, 5.41) is 12.9. The summed E-state index contributed by atoms with van der Waals surface area (Å²) in [5.74, 6) is -0.225. The number of thioether (sulfide) groups is 1. The van der Waals surface area contributed by atoms with Crippen LogP contribution >= 0.6 is 11.8 Å². The van der Waals surface area contributed by atoms with Gasteiger partial charge in [0, 0.05) is 6.07 Å². The predicted molar refractivity (Wildman–Crippen MR) is 64.7 cm³/mol. The second kappa shape index (κ2) is 4.69. The number of carboxylic acids is 1. The molecule has 0 fully saturated rings. The minimum absolute atomic E-state index is 0.107. The van der Waals surface area contributed by atoms with Crippen molar-refractivity contribution in [2.24, 2.45) is 0 Å². The second-order valence-corrected chi connectivity index (χ2v) is 4.52. The Morgan fingerprint density at radius 1 is 1.42 bits per heavy atom. The van der Waals surface area contributed by atoms with Crippen molar-refractivity contribution in [2.45, 2.75) is 10.8 Å². The van der Waals surface area contributed by atoms with Crippen LogP contribution in [0.25, 0.3) is 11.2 Å². The molecule has 3 aromatic heterocycles. The maximum absolute atomic E-state index is 10.7. The maximum atomic E-state index is 10.7. The SMILES string of the molecule is O=C(O)c1cc(CSc2ncnc3nc[nH]c23)on1. The van der Waals surface area contributed by atoms with E-state index in [1.54, 1.807) is 6.33 Å². The van der Waals surface area contributed by atoms with E-state index in [0.717, 1.165) is 10.5 Å². The highest BCUT2D eigenvalue weighted by atomic mass is 32.2. The molecule has 96 valence electrons. The zero-order chi connectivity index (χ0) is 13.2. The van der Waals surface area contributed by atoms with Crippen LogP contribution in [0.1, 0.15) is 16.2 Å². The molecule has 0 radical (unpaired) electrons. The monoisotopic (exact) mass is 277 g/mol. The first-order chi connectivity index (χ1) is 9.24. The lowest BCUT2D eigenvalue weighted by Crippen LogP contribution is -1.94. The lowest BCUT2D eigenvalue weighted by atomic mass is 10.4. The molecule has 0 aliphatic rings. The molecule has 0 saturated carbocycles. The molecule has 3 aromatic rings. The Labute approximate surface area is 110 Å². The van der Waals surface area contributed by atoms with Crippen molar-refractivity contribution in [3.05, 3.63) is 30.2 Å². The van der Waals surface area contributed by atoms with Crippen molar-refractivity contribution >= 4 is 28.9 Å². The molecule has 2 N–H and O–H groups in total. The van der Waals surface area contributed by atoms with Crippen molar-refractivity contribution in [3.8, 4) is 0 Å². The van der Waals surface area contributed by atoms with Crippen LogP contribution in [0.5, 0.6) is 0 Å². The van der Waals surface area contributed by atoms with E-state index in [9.17, 15) is 4.79 Å². The lowest BCUT2D eigenvalue weighted by Gasteiger charge is -1.98. The van der Waals surface area contributed by atoms with E-state index in [2.05, 4.69) is 25.1 Å². The zero-order valence-corrected chi connectivity index (χ0v) is 10.2. The van der Waals surface area contributed by atoms with E-state index < -0.39 is 5.97 Å². The molecule has 0 bridgehead atoms. The van der Waals surface area contributed by atoms with Crippen LogP contribution in [0.4, 0.5) is 0 Å². The number of imidazole rings is 1. The number of nitrogens with zero attached hydrogens (tertiary/aromatic N) is 4. The fourth-order valence-electron chi connectivity index (χ4n) is 1.47. The van der Waals surface area contributed by atoms with Crippen molar-refractivity contribution < 1.29 is 14.4 Å². The molecule has 3 rings (SSSR count). The summed E-state index contributed by atoms with van der Waals surface area (Å²) in [6, 6.07) is 1.39. The first-order valence-electron chi connectivity index (χ1n) is 5.20. The van der Waals surface area contributed by atoms with E-state index in [0.29, 0.717) is 17.2 Å². The average molecular weight is 277 g/mol. The van der Waals surface area contributed by atoms with E-state index in [1.165, 1.54) is 24.2 Å². The number of hydrogen-bond acceptors (Lipinski definition) is 7. The molecular formula is C10H7N5O3S. The Hall–Kier alpha value is -2.42. The number of hydrogen-bond donors (Lipinski definition) is 2. The van der Waals surface area contributed by atoms with Gasteiger partial charge in [0.05, 0.1) is 12.1 Å². The third kappa shape index (κ3) is 2.27. The van der Waals surface area contributed by atoms with Crippen LogP contribution in [0.3, 0.4) is 0 Å². The Morgan fingerprint density at radius 3 is 3.11 bits per heavy atom. The van der Waals surface area contributed by atoms with Gasteiger partial charge >= 0.3 is 5.97 Å². The van der Waals surface area contributed by atoms with Crippen LogP contribution in [0.2, 0.25) is 0 Å². The van der Waals surface area contributed by atoms with Crippen LogP contribution in [-0.2, 0) is 5.75 Å². The zero-order valence-electron chi connectivity index (χ0n) is 9.40. The first kappa shape index (κ1) is 11.7. The summed E-state index contributed by atoms with van der Waals surface area (Å²) in [6.45, 7) is 0. The largest absolute Gasteiger partial charge is 0.476 e. The van der Waals surface area contributed by atoms with Gasteiger partial charge in [0.15, 0.2) is 11.3 Å². The third-order valence-corrected chi connectivity index (χ3v) is 3.33. The molecule has 0 saturated heterocycles. The molecule has 0 aromatic carbocycles. The minimum Gasteiger partial charge on any atom is -0.476 e. The van der Waals surface area contributed by atoms with Crippen LogP contribution < -0.4 is 0 Å². The highest BCUT2D eigenvalue weighted by molar-refractivity contribution is 7.98. The number of H-pyrrole nitrogens is 1. The fourth-order valence-corrected chi connectivity index (χ4v) is 2.30. The van der Waals surface area contributed by atoms with Gasteiger partial charge in [-0.1, -0.05) is 16.9 Å². The minimum atomic E-state index is -1.11. The quantitative estimate of drug-likeness (QED) is 0.541. The predicted octanol–water partition coefficient (Wildman–Crippen LogP) is 1.33. The van der Waals surface area contributed by atoms with Gasteiger partial charge < -0.3 is 14.6 Å². The molecule has 0 atom stereocenters. The van der Waals surface area contributed by atoms with Gasteiger partial charge in [0.2, 0.25) is 0 Å². The Bertz CT molecular complexity index is 737. The molecule has 0 unspecified atom stereocenters. The Kier molecular flexibility index (Phi) is 2.88. The van der Waals surface area contributed by atoms with Gasteiger partial charge in [-0.25, -0.2) is 19.7 Å². The standard InChI is InChI=1S/C10H7N5O3S/c16-10(17)6-1-5(18-15-6)2-19-9-7-8(12-3-11-7)13-4-14-9/h1,3-4H,2H2,(H,16,17)(H,11,12,13,14). The third-order valence-electron chi connectivity index (χ3n) is 2.32. The Balaban J connectivity index is 1.78. The van der Waals surface area contributed by atoms with Crippen molar-refractivity contribution in [1.29, 1.82) is 0 Å². The summed E-state index contributed by atoms with van der Waals surface area (Å²) in [4.78, 5) is 25.8. The van der Waals surface area contributed by atoms with Gasteiger partial charge in [-0.3, -0.25) is 0 Å². The van der Waals surface area contributed by atoms with Gasteiger partial charge in [-0.15, -0.1) is 0 Å². The topological polar surface area (TPSA) is 118 Å². The average Bonchev–Trinajstić information content (AvgIpc) is 3.05. The van der Waals surface area contributed by atoms with Gasteiger partial charge in [-0.05, 0) is 0 Å². The van der Waals surface area contributed by atoms with Crippen molar-refractivity contribution in [1.82, 2.24) is 25.1 Å². The molecule has 9 heteroatoms. The number of aromatic amines is 1. The second-order valence-electron chi connectivity index (χ2n) is 3.55. The number of aromatic carboxylic acids is 1. The summed E-state index contributed by atoms with van der Waals surface area (Å²) in [5.41, 5.74) is 1.22. The molecule has 0 amide bonds. The molecule has 19 heavy (non-hydrogen) atoms. The highest BCUT2D eigenvalue weighted by Crippen LogP contribution is 2.25. The first-order valence-corrected chi connectivity index (χ1v) is 6.18. The van der Waals surface area contributed by atoms with Crippen LogP contribution in [-0.4, -0.2) is 36.2 Å². The molecule has 3 heterocycles. The number of carboxylic acid groups (broad SMARTS) is 1. The van der Waals surface area contributed by atoms with Gasteiger partial charge in [-0.2, -0.15) is 0 Å². The van der Waals surface area contributed by atoms with Gasteiger partial charge in [0.25, 0.3) is 0 Å². The highest BCUT2D eigenvalue weighted by Gasteiger charge is 2.12. The normalized spacial score (nSPS) is 10.9. The number of carbonyl (C=O) groups is 1. The molecule has 0 aliphatic carbocycles. The smallest absolute Gasteiger partial charge is 0.358 e. The lowest BCUT2D eigenvalue weighted by molar-refractivity contribution is 0.0685. The molecular weight excluding hydrogens is 270 g/mol. The number of aromatic nitrogens is 5. The van der Waals surface area contributed by atoms with E-state index in [-0.39, 0.29) is 5.69 Å². The number of rotatable bonds is 4. The van der Waals surface area contributed by atoms with Crippen LogP contribution in [0.15, 0.2) is 28.3 Å². The summed E-state index contributed by atoms with van der Waals surface area (Å²) < 4.78 is 4.92. The van der Waals surface area contributed by atoms with E-state index in [4.69, 9.17) is 9.63 Å². The maximum Gasteiger partial charge on any atom is 0.358 e. The van der Waals surface area contributed by atoms with Gasteiger partial charge in [0.1, 0.15) is 22.6 Å². The molecule has 8 nitrogen and oxygen atoms in total. The summed E-state index contributed by atoms with van der Waals surface area (Å²) in [6.07, 6.45) is 2.97.